The first kappa shape index (κ1) is 13.1. The van der Waals surface area contributed by atoms with E-state index in [-0.39, 0.29) is 0 Å². The van der Waals surface area contributed by atoms with Gasteiger partial charge < -0.3 is 4.90 Å². The van der Waals surface area contributed by atoms with Crippen molar-refractivity contribution in [2.75, 3.05) is 31.1 Å². The minimum absolute atomic E-state index is 0.405. The predicted octanol–water partition coefficient (Wildman–Crippen LogP) is 2.15. The highest BCUT2D eigenvalue weighted by molar-refractivity contribution is 6.28. The first-order chi connectivity index (χ1) is 9.15. The Hall–Kier alpha value is -0.870. The molecule has 0 saturated carbocycles. The molecule has 0 unspecified atom stereocenters. The third-order valence-corrected chi connectivity index (χ3v) is 4.40. The molecular formula is C14H21ClN4. The van der Waals surface area contributed by atoms with Gasteiger partial charge in [-0.15, -0.1) is 0 Å². The highest BCUT2D eigenvalue weighted by atomic mass is 35.5. The zero-order valence-electron chi connectivity index (χ0n) is 11.7. The van der Waals surface area contributed by atoms with Crippen molar-refractivity contribution in [3.8, 4) is 0 Å². The standard InChI is InChI=1S/C14H21ClN4/c1-10(2)18-6-8-19(9-7-18)13-11-4-3-5-12(11)16-14(15)17-13/h10H,3-9H2,1-2H3. The molecule has 1 saturated heterocycles. The highest BCUT2D eigenvalue weighted by Crippen LogP contribution is 2.30. The number of rotatable bonds is 2. The van der Waals surface area contributed by atoms with Crippen molar-refractivity contribution < 1.29 is 0 Å². The average molecular weight is 281 g/mol. The summed E-state index contributed by atoms with van der Waals surface area (Å²) in [5.74, 6) is 1.09. The molecule has 0 N–H and O–H groups in total. The fraction of sp³-hybridized carbons (Fsp3) is 0.714. The third-order valence-electron chi connectivity index (χ3n) is 4.23. The molecule has 0 bridgehead atoms. The van der Waals surface area contributed by atoms with Gasteiger partial charge in [-0.05, 0) is 44.7 Å². The average Bonchev–Trinajstić information content (AvgIpc) is 2.85. The Balaban J connectivity index is 1.81. The molecule has 2 aliphatic rings. The van der Waals surface area contributed by atoms with Crippen LogP contribution in [0.25, 0.3) is 0 Å². The molecule has 0 radical (unpaired) electrons. The van der Waals surface area contributed by atoms with E-state index in [2.05, 4.69) is 33.6 Å². The number of anilines is 1. The maximum absolute atomic E-state index is 6.07. The monoisotopic (exact) mass is 280 g/mol. The first-order valence-corrected chi connectivity index (χ1v) is 7.57. The molecule has 0 amide bonds. The van der Waals surface area contributed by atoms with E-state index in [9.17, 15) is 0 Å². The van der Waals surface area contributed by atoms with Gasteiger partial charge >= 0.3 is 0 Å². The van der Waals surface area contributed by atoms with Crippen molar-refractivity contribution in [3.05, 3.63) is 16.5 Å². The van der Waals surface area contributed by atoms with E-state index in [1.807, 2.05) is 0 Å². The summed E-state index contributed by atoms with van der Waals surface area (Å²) >= 11 is 6.07. The lowest BCUT2D eigenvalue weighted by molar-refractivity contribution is 0.209. The van der Waals surface area contributed by atoms with Crippen LogP contribution in [0.15, 0.2) is 0 Å². The summed E-state index contributed by atoms with van der Waals surface area (Å²) in [5.41, 5.74) is 2.50. The molecule has 104 valence electrons. The lowest BCUT2D eigenvalue weighted by Gasteiger charge is -2.38. The largest absolute Gasteiger partial charge is 0.354 e. The molecule has 1 aromatic heterocycles. The van der Waals surface area contributed by atoms with Crippen molar-refractivity contribution in [1.29, 1.82) is 0 Å². The zero-order chi connectivity index (χ0) is 13.4. The van der Waals surface area contributed by atoms with Crippen molar-refractivity contribution >= 4 is 17.4 Å². The van der Waals surface area contributed by atoms with Crippen molar-refractivity contribution in [2.24, 2.45) is 0 Å². The predicted molar refractivity (Wildman–Crippen MR) is 78.0 cm³/mol. The van der Waals surface area contributed by atoms with Crippen LogP contribution < -0.4 is 4.90 Å². The molecule has 4 nitrogen and oxygen atoms in total. The quantitative estimate of drug-likeness (QED) is 0.777. The third kappa shape index (κ3) is 2.56. The van der Waals surface area contributed by atoms with E-state index in [1.165, 1.54) is 17.7 Å². The Bertz CT molecular complexity index is 467. The highest BCUT2D eigenvalue weighted by Gasteiger charge is 2.25. The second kappa shape index (κ2) is 5.25. The van der Waals surface area contributed by atoms with Gasteiger partial charge in [-0.2, -0.15) is 0 Å². The molecule has 1 aliphatic heterocycles. The lowest BCUT2D eigenvalue weighted by Crippen LogP contribution is -2.49. The minimum Gasteiger partial charge on any atom is -0.354 e. The number of aryl methyl sites for hydroxylation is 1. The molecule has 19 heavy (non-hydrogen) atoms. The Labute approximate surface area is 119 Å². The van der Waals surface area contributed by atoms with E-state index in [4.69, 9.17) is 11.6 Å². The SMILES string of the molecule is CC(C)N1CCN(c2nc(Cl)nc3c2CCC3)CC1. The molecule has 0 atom stereocenters. The molecule has 5 heteroatoms. The number of hydrogen-bond acceptors (Lipinski definition) is 4. The maximum Gasteiger partial charge on any atom is 0.224 e. The molecule has 0 aromatic carbocycles. The number of halogens is 1. The van der Waals surface area contributed by atoms with Crippen molar-refractivity contribution in [1.82, 2.24) is 14.9 Å². The second-order valence-corrected chi connectivity index (χ2v) is 6.05. The van der Waals surface area contributed by atoms with E-state index < -0.39 is 0 Å². The van der Waals surface area contributed by atoms with Crippen LogP contribution in [0.2, 0.25) is 5.28 Å². The number of aromatic nitrogens is 2. The van der Waals surface area contributed by atoms with Gasteiger partial charge in [0, 0.05) is 37.8 Å². The van der Waals surface area contributed by atoms with Crippen LogP contribution >= 0.6 is 11.6 Å². The Kier molecular flexibility index (Phi) is 3.63. The van der Waals surface area contributed by atoms with Gasteiger partial charge in [-0.25, -0.2) is 9.97 Å². The Morgan fingerprint density at radius 2 is 1.79 bits per heavy atom. The fourth-order valence-corrected chi connectivity index (χ4v) is 3.28. The van der Waals surface area contributed by atoms with E-state index in [0.29, 0.717) is 11.3 Å². The normalized spacial score (nSPS) is 20.1. The molecule has 1 aliphatic carbocycles. The topological polar surface area (TPSA) is 32.3 Å². The zero-order valence-corrected chi connectivity index (χ0v) is 12.4. The van der Waals surface area contributed by atoms with Gasteiger partial charge in [0.2, 0.25) is 5.28 Å². The maximum atomic E-state index is 6.07. The number of nitrogens with zero attached hydrogens (tertiary/aromatic N) is 4. The summed E-state index contributed by atoms with van der Waals surface area (Å²) in [5, 5.41) is 0.405. The van der Waals surface area contributed by atoms with Crippen LogP contribution in [0, 0.1) is 0 Å². The summed E-state index contributed by atoms with van der Waals surface area (Å²) in [6.07, 6.45) is 3.34. The number of fused-ring (bicyclic) bond motifs is 1. The van der Waals surface area contributed by atoms with Gasteiger partial charge in [-0.3, -0.25) is 4.90 Å². The molecule has 1 fully saturated rings. The van der Waals surface area contributed by atoms with E-state index in [1.54, 1.807) is 0 Å². The first-order valence-electron chi connectivity index (χ1n) is 7.19. The summed E-state index contributed by atoms with van der Waals surface area (Å²) in [7, 11) is 0. The Morgan fingerprint density at radius 1 is 1.05 bits per heavy atom. The smallest absolute Gasteiger partial charge is 0.224 e. The van der Waals surface area contributed by atoms with Crippen molar-refractivity contribution in [3.63, 3.8) is 0 Å². The summed E-state index contributed by atoms with van der Waals surface area (Å²) in [6.45, 7) is 8.81. The van der Waals surface area contributed by atoms with Crippen LogP contribution in [0.1, 0.15) is 31.5 Å². The second-order valence-electron chi connectivity index (χ2n) is 5.71. The van der Waals surface area contributed by atoms with Crippen LogP contribution in [-0.2, 0) is 12.8 Å². The van der Waals surface area contributed by atoms with Crippen molar-refractivity contribution in [2.45, 2.75) is 39.2 Å². The summed E-state index contributed by atoms with van der Waals surface area (Å²) in [4.78, 5) is 13.8. The van der Waals surface area contributed by atoms with Crippen LogP contribution in [0.5, 0.6) is 0 Å². The van der Waals surface area contributed by atoms with Crippen LogP contribution in [0.3, 0.4) is 0 Å². The fourth-order valence-electron chi connectivity index (χ4n) is 3.09. The van der Waals surface area contributed by atoms with E-state index >= 15 is 0 Å². The minimum atomic E-state index is 0.405. The molecular weight excluding hydrogens is 260 g/mol. The van der Waals surface area contributed by atoms with Gasteiger partial charge in [0.1, 0.15) is 5.82 Å². The summed E-state index contributed by atoms with van der Waals surface area (Å²) < 4.78 is 0. The molecule has 2 heterocycles. The Morgan fingerprint density at radius 3 is 2.47 bits per heavy atom. The summed E-state index contributed by atoms with van der Waals surface area (Å²) in [6, 6.07) is 0.627. The number of piperazine rings is 1. The lowest BCUT2D eigenvalue weighted by atomic mass is 10.2. The molecule has 0 spiro atoms. The van der Waals surface area contributed by atoms with E-state index in [0.717, 1.165) is 44.8 Å². The van der Waals surface area contributed by atoms with Gasteiger partial charge in [0.05, 0.1) is 5.69 Å². The molecule has 3 rings (SSSR count). The van der Waals surface area contributed by atoms with Gasteiger partial charge in [0.15, 0.2) is 0 Å². The van der Waals surface area contributed by atoms with Crippen LogP contribution in [-0.4, -0.2) is 47.1 Å². The van der Waals surface area contributed by atoms with Gasteiger partial charge in [-0.1, -0.05) is 0 Å². The number of hydrogen-bond donors (Lipinski definition) is 0. The van der Waals surface area contributed by atoms with Gasteiger partial charge in [0.25, 0.3) is 0 Å². The molecule has 1 aromatic rings. The van der Waals surface area contributed by atoms with Crippen LogP contribution in [0.4, 0.5) is 5.82 Å².